The number of anilines is 1. The fraction of sp³-hybridized carbons (Fsp3) is 0.150. The van der Waals surface area contributed by atoms with E-state index in [0.29, 0.717) is 40.8 Å². The molecule has 148 valence electrons. The van der Waals surface area contributed by atoms with Crippen molar-refractivity contribution in [2.45, 2.75) is 11.5 Å². The van der Waals surface area contributed by atoms with Gasteiger partial charge in [-0.15, -0.1) is 17.7 Å². The number of ether oxygens (including phenoxy) is 2. The van der Waals surface area contributed by atoms with E-state index in [2.05, 4.69) is 28.1 Å². The summed E-state index contributed by atoms with van der Waals surface area (Å²) in [6, 6.07) is 12.4. The van der Waals surface area contributed by atoms with Crippen molar-refractivity contribution in [3.05, 3.63) is 60.0 Å². The summed E-state index contributed by atoms with van der Waals surface area (Å²) in [5, 5.41) is 11.5. The van der Waals surface area contributed by atoms with Crippen molar-refractivity contribution in [2.75, 3.05) is 12.4 Å². The summed E-state index contributed by atoms with van der Waals surface area (Å²) in [5.41, 5.74) is 0.881. The molecule has 0 radical (unpaired) electrons. The lowest BCUT2D eigenvalue weighted by Crippen LogP contribution is -2.12. The monoisotopic (exact) mass is 410 g/mol. The van der Waals surface area contributed by atoms with Crippen LogP contribution >= 0.6 is 12.6 Å². The molecule has 1 N–H and O–H groups in total. The number of carbonyl (C=O) groups excluding carboxylic acids is 1. The molecule has 2 aromatic carbocycles. The topological polar surface area (TPSA) is 91.4 Å². The molecule has 29 heavy (non-hydrogen) atoms. The Balaban J connectivity index is 1.72. The standard InChI is InChI=1S/C20H18N4O4S/c1-24-21-10-19(23-24)22-20(25)12-7-17(27-13-3-5-15(29)6-4-13)16-9-14(11-26-2)28-18(16)8-12/h3-10,29H,11H2,1-2H3,(H,22,23,25). The second kappa shape index (κ2) is 7.98. The Kier molecular flexibility index (Phi) is 5.24. The molecule has 2 aromatic heterocycles. The van der Waals surface area contributed by atoms with Gasteiger partial charge in [-0.05, 0) is 42.5 Å². The summed E-state index contributed by atoms with van der Waals surface area (Å²) in [5.74, 6) is 1.73. The molecule has 0 saturated carbocycles. The fourth-order valence-electron chi connectivity index (χ4n) is 2.82. The summed E-state index contributed by atoms with van der Waals surface area (Å²) in [6.07, 6.45) is 1.47. The molecule has 0 aliphatic carbocycles. The molecule has 4 rings (SSSR count). The summed E-state index contributed by atoms with van der Waals surface area (Å²) in [4.78, 5) is 14.9. The van der Waals surface area contributed by atoms with Crippen LogP contribution in [0.4, 0.5) is 5.82 Å². The summed E-state index contributed by atoms with van der Waals surface area (Å²) in [6.45, 7) is 0.309. The number of nitrogens with one attached hydrogen (secondary N) is 1. The van der Waals surface area contributed by atoms with Gasteiger partial charge in [0.1, 0.15) is 29.4 Å². The SMILES string of the molecule is COCc1cc2c(Oc3ccc(S)cc3)cc(C(=O)Nc3cnn(C)n3)cc2o1. The highest BCUT2D eigenvalue weighted by Gasteiger charge is 2.17. The first-order valence-electron chi connectivity index (χ1n) is 8.72. The minimum atomic E-state index is -0.354. The Hall–Kier alpha value is -3.30. The van der Waals surface area contributed by atoms with Gasteiger partial charge < -0.3 is 19.2 Å². The molecule has 0 unspecified atom stereocenters. The van der Waals surface area contributed by atoms with Gasteiger partial charge in [-0.3, -0.25) is 4.79 Å². The van der Waals surface area contributed by atoms with Crippen LogP contribution in [-0.4, -0.2) is 28.0 Å². The van der Waals surface area contributed by atoms with Crippen LogP contribution in [0, 0.1) is 0 Å². The van der Waals surface area contributed by atoms with Gasteiger partial charge in [-0.2, -0.15) is 9.90 Å². The lowest BCUT2D eigenvalue weighted by atomic mass is 10.1. The van der Waals surface area contributed by atoms with E-state index >= 15 is 0 Å². The Morgan fingerprint density at radius 3 is 2.72 bits per heavy atom. The Bertz CT molecular complexity index is 1170. The van der Waals surface area contributed by atoms with Gasteiger partial charge in [-0.1, -0.05) is 0 Å². The van der Waals surface area contributed by atoms with Crippen LogP contribution in [0.1, 0.15) is 16.1 Å². The van der Waals surface area contributed by atoms with Crippen LogP contribution in [-0.2, 0) is 18.4 Å². The second-order valence-electron chi connectivity index (χ2n) is 6.30. The van der Waals surface area contributed by atoms with E-state index in [1.165, 1.54) is 11.0 Å². The molecular weight excluding hydrogens is 392 g/mol. The fourth-order valence-corrected chi connectivity index (χ4v) is 2.97. The molecule has 0 fully saturated rings. The van der Waals surface area contributed by atoms with Crippen LogP contribution in [0.25, 0.3) is 11.0 Å². The highest BCUT2D eigenvalue weighted by molar-refractivity contribution is 7.80. The number of furan rings is 1. The number of amides is 1. The lowest BCUT2D eigenvalue weighted by molar-refractivity contribution is 0.102. The average Bonchev–Trinajstić information content (AvgIpc) is 3.29. The normalized spacial score (nSPS) is 11.0. The largest absolute Gasteiger partial charge is 0.458 e. The quantitative estimate of drug-likeness (QED) is 0.466. The molecule has 0 saturated heterocycles. The van der Waals surface area contributed by atoms with Crippen molar-refractivity contribution in [3.8, 4) is 11.5 Å². The van der Waals surface area contributed by atoms with Crippen molar-refractivity contribution >= 4 is 35.3 Å². The van der Waals surface area contributed by atoms with E-state index in [9.17, 15) is 4.79 Å². The van der Waals surface area contributed by atoms with Gasteiger partial charge in [0.2, 0.25) is 0 Å². The van der Waals surface area contributed by atoms with Crippen molar-refractivity contribution in [1.82, 2.24) is 15.0 Å². The average molecular weight is 410 g/mol. The van der Waals surface area contributed by atoms with E-state index in [-0.39, 0.29) is 5.91 Å². The highest BCUT2D eigenvalue weighted by Crippen LogP contribution is 2.34. The molecule has 2 heterocycles. The molecule has 0 atom stereocenters. The molecule has 9 heteroatoms. The minimum absolute atomic E-state index is 0.309. The first-order chi connectivity index (χ1) is 14.0. The van der Waals surface area contributed by atoms with E-state index in [4.69, 9.17) is 13.9 Å². The van der Waals surface area contributed by atoms with Gasteiger partial charge in [0.15, 0.2) is 5.82 Å². The lowest BCUT2D eigenvalue weighted by Gasteiger charge is -2.09. The van der Waals surface area contributed by atoms with Crippen molar-refractivity contribution < 1.29 is 18.7 Å². The smallest absolute Gasteiger partial charge is 0.257 e. The van der Waals surface area contributed by atoms with E-state index in [1.54, 1.807) is 38.4 Å². The molecule has 0 bridgehead atoms. The molecule has 4 aromatic rings. The van der Waals surface area contributed by atoms with Gasteiger partial charge in [-0.25, -0.2) is 0 Å². The van der Waals surface area contributed by atoms with Crippen LogP contribution < -0.4 is 10.1 Å². The maximum absolute atomic E-state index is 12.7. The predicted molar refractivity (Wildman–Crippen MR) is 110 cm³/mol. The Labute approximate surface area is 171 Å². The molecule has 8 nitrogen and oxygen atoms in total. The number of hydrogen-bond acceptors (Lipinski definition) is 7. The van der Waals surface area contributed by atoms with Crippen molar-refractivity contribution in [3.63, 3.8) is 0 Å². The van der Waals surface area contributed by atoms with Gasteiger partial charge in [0.25, 0.3) is 5.91 Å². The number of fused-ring (bicyclic) bond motifs is 1. The van der Waals surface area contributed by atoms with Crippen molar-refractivity contribution in [2.24, 2.45) is 7.05 Å². The van der Waals surface area contributed by atoms with Crippen LogP contribution in [0.15, 0.2) is 58.0 Å². The number of aryl methyl sites for hydroxylation is 1. The first kappa shape index (κ1) is 19.0. The van der Waals surface area contributed by atoms with Crippen LogP contribution in [0.2, 0.25) is 0 Å². The number of rotatable bonds is 6. The Morgan fingerprint density at radius 2 is 2.03 bits per heavy atom. The Morgan fingerprint density at radius 1 is 1.24 bits per heavy atom. The summed E-state index contributed by atoms with van der Waals surface area (Å²) >= 11 is 4.29. The third kappa shape index (κ3) is 4.25. The predicted octanol–water partition coefficient (Wildman–Crippen LogP) is 4.04. The maximum atomic E-state index is 12.7. The van der Waals surface area contributed by atoms with E-state index in [0.717, 1.165) is 10.3 Å². The van der Waals surface area contributed by atoms with E-state index < -0.39 is 0 Å². The third-order valence-electron chi connectivity index (χ3n) is 4.10. The third-order valence-corrected chi connectivity index (χ3v) is 4.40. The van der Waals surface area contributed by atoms with Crippen molar-refractivity contribution in [1.29, 1.82) is 0 Å². The first-order valence-corrected chi connectivity index (χ1v) is 9.16. The van der Waals surface area contributed by atoms with Gasteiger partial charge in [0.05, 0.1) is 11.6 Å². The molecule has 0 spiro atoms. The zero-order valence-corrected chi connectivity index (χ0v) is 16.6. The van der Waals surface area contributed by atoms with Gasteiger partial charge in [0, 0.05) is 24.6 Å². The summed E-state index contributed by atoms with van der Waals surface area (Å²) in [7, 11) is 3.26. The van der Waals surface area contributed by atoms with E-state index in [1.807, 2.05) is 18.2 Å². The molecule has 1 amide bonds. The zero-order valence-electron chi connectivity index (χ0n) is 15.7. The highest BCUT2D eigenvalue weighted by atomic mass is 32.1. The maximum Gasteiger partial charge on any atom is 0.257 e. The number of methoxy groups -OCH3 is 1. The number of carbonyl (C=O) groups is 1. The zero-order chi connectivity index (χ0) is 20.4. The number of hydrogen-bond donors (Lipinski definition) is 2. The molecule has 0 aliphatic rings. The van der Waals surface area contributed by atoms with Crippen LogP contribution in [0.5, 0.6) is 11.5 Å². The number of aromatic nitrogens is 3. The second-order valence-corrected chi connectivity index (χ2v) is 6.82. The number of benzene rings is 2. The van der Waals surface area contributed by atoms with Crippen LogP contribution in [0.3, 0.4) is 0 Å². The van der Waals surface area contributed by atoms with Gasteiger partial charge >= 0.3 is 0 Å². The number of thiol groups is 1. The minimum Gasteiger partial charge on any atom is -0.458 e. The summed E-state index contributed by atoms with van der Waals surface area (Å²) < 4.78 is 17.0. The molecule has 0 aliphatic heterocycles. The molecular formula is C20H18N4O4S. The number of nitrogens with zero attached hydrogens (tertiary/aromatic N) is 3.